The van der Waals surface area contributed by atoms with Gasteiger partial charge in [0.15, 0.2) is 0 Å². The summed E-state index contributed by atoms with van der Waals surface area (Å²) in [6.07, 6.45) is -5.92. The first-order chi connectivity index (χ1) is 7.38. The predicted octanol–water partition coefficient (Wildman–Crippen LogP) is 4.11. The smallest absolute Gasteiger partial charge is 0.388 e. The molecule has 1 unspecified atom stereocenters. The van der Waals surface area contributed by atoms with Gasteiger partial charge < -0.3 is 5.11 Å². The molecule has 0 aliphatic carbocycles. The maximum atomic E-state index is 11.9. The van der Waals surface area contributed by atoms with Gasteiger partial charge in [-0.3, -0.25) is 0 Å². The van der Waals surface area contributed by atoms with E-state index in [1.807, 2.05) is 0 Å². The highest BCUT2D eigenvalue weighted by Crippen LogP contribution is 2.27. The Hall–Kier alpha value is -0.740. The second-order valence-electron chi connectivity index (χ2n) is 3.58. The van der Waals surface area contributed by atoms with Crippen LogP contribution >= 0.6 is 11.6 Å². The van der Waals surface area contributed by atoms with Crippen LogP contribution in [0.25, 0.3) is 0 Å². The van der Waals surface area contributed by atoms with Gasteiger partial charge in [0, 0.05) is 11.4 Å². The predicted molar refractivity (Wildman–Crippen MR) is 56.3 cm³/mol. The van der Waals surface area contributed by atoms with Crippen LogP contribution in [0.4, 0.5) is 13.2 Å². The first kappa shape index (κ1) is 13.3. The van der Waals surface area contributed by atoms with Crippen molar-refractivity contribution in [3.8, 4) is 0 Å². The van der Waals surface area contributed by atoms with Crippen LogP contribution in [-0.4, -0.2) is 11.3 Å². The summed E-state index contributed by atoms with van der Waals surface area (Å²) in [6.45, 7) is 0. The van der Waals surface area contributed by atoms with Crippen molar-refractivity contribution in [2.45, 2.75) is 31.5 Å². The van der Waals surface area contributed by atoms with Crippen LogP contribution < -0.4 is 0 Å². The topological polar surface area (TPSA) is 20.2 Å². The number of benzene rings is 1. The van der Waals surface area contributed by atoms with Crippen LogP contribution in [-0.2, 0) is 0 Å². The summed E-state index contributed by atoms with van der Waals surface area (Å²) in [6, 6.07) is 6.50. The van der Waals surface area contributed by atoms with Gasteiger partial charge in [-0.2, -0.15) is 13.2 Å². The third kappa shape index (κ3) is 4.86. The Kier molecular flexibility index (Phi) is 4.62. The Morgan fingerprint density at radius 2 is 2.00 bits per heavy atom. The van der Waals surface area contributed by atoms with Crippen molar-refractivity contribution >= 4 is 11.6 Å². The lowest BCUT2D eigenvalue weighted by molar-refractivity contribution is -0.136. The third-order valence-corrected chi connectivity index (χ3v) is 2.41. The highest BCUT2D eigenvalue weighted by Gasteiger charge is 2.26. The molecule has 0 amide bonds. The number of hydrogen-bond donors (Lipinski definition) is 1. The standard InChI is InChI=1S/C11H12ClF3O/c12-9-4-1-3-8(7-9)10(16)5-2-6-11(13,14)15/h1,3-4,7,10,16H,2,5-6H2. The van der Waals surface area contributed by atoms with Gasteiger partial charge in [0.25, 0.3) is 0 Å². The third-order valence-electron chi connectivity index (χ3n) is 2.17. The molecule has 1 atom stereocenters. The van der Waals surface area contributed by atoms with Crippen molar-refractivity contribution in [2.24, 2.45) is 0 Å². The summed E-state index contributed by atoms with van der Waals surface area (Å²) in [5.41, 5.74) is 0.551. The van der Waals surface area contributed by atoms with Gasteiger partial charge in [-0.05, 0) is 30.5 Å². The lowest BCUT2D eigenvalue weighted by atomic mass is 10.0. The molecule has 0 aliphatic rings. The maximum absolute atomic E-state index is 11.9. The van der Waals surface area contributed by atoms with Gasteiger partial charge in [0.05, 0.1) is 6.10 Å². The van der Waals surface area contributed by atoms with Crippen LogP contribution in [0.5, 0.6) is 0 Å². The summed E-state index contributed by atoms with van der Waals surface area (Å²) in [5.74, 6) is 0. The molecule has 0 fully saturated rings. The minimum absolute atomic E-state index is 0.0832. The van der Waals surface area contributed by atoms with E-state index in [-0.39, 0.29) is 12.8 Å². The first-order valence-electron chi connectivity index (χ1n) is 4.89. The fourth-order valence-corrected chi connectivity index (χ4v) is 1.58. The molecule has 16 heavy (non-hydrogen) atoms. The second kappa shape index (κ2) is 5.55. The summed E-state index contributed by atoms with van der Waals surface area (Å²) in [4.78, 5) is 0. The summed E-state index contributed by atoms with van der Waals surface area (Å²) in [7, 11) is 0. The van der Waals surface area contributed by atoms with E-state index in [0.29, 0.717) is 10.6 Å². The molecule has 90 valence electrons. The van der Waals surface area contributed by atoms with Gasteiger partial charge in [0.2, 0.25) is 0 Å². The Labute approximate surface area is 96.9 Å². The van der Waals surface area contributed by atoms with Crippen LogP contribution in [0.2, 0.25) is 5.02 Å². The number of rotatable bonds is 4. The lowest BCUT2D eigenvalue weighted by Gasteiger charge is -2.12. The maximum Gasteiger partial charge on any atom is 0.389 e. The summed E-state index contributed by atoms with van der Waals surface area (Å²) in [5, 5.41) is 10.1. The number of halogens is 4. The van der Waals surface area contributed by atoms with Gasteiger partial charge in [-0.15, -0.1) is 0 Å². The van der Waals surface area contributed by atoms with Crippen molar-refractivity contribution in [1.82, 2.24) is 0 Å². The zero-order valence-corrected chi connectivity index (χ0v) is 9.22. The normalized spacial score (nSPS) is 13.8. The molecule has 1 N–H and O–H groups in total. The minimum Gasteiger partial charge on any atom is -0.388 e. The largest absolute Gasteiger partial charge is 0.389 e. The first-order valence-corrected chi connectivity index (χ1v) is 5.26. The molecule has 0 saturated carbocycles. The Morgan fingerprint density at radius 3 is 2.56 bits per heavy atom. The van der Waals surface area contributed by atoms with Gasteiger partial charge in [0.1, 0.15) is 0 Å². The molecule has 1 aromatic rings. The molecule has 1 aromatic carbocycles. The molecule has 0 aromatic heterocycles. The van der Waals surface area contributed by atoms with Crippen molar-refractivity contribution in [1.29, 1.82) is 0 Å². The number of hydrogen-bond acceptors (Lipinski definition) is 1. The molecule has 0 radical (unpaired) electrons. The van der Waals surface area contributed by atoms with E-state index in [1.54, 1.807) is 24.3 Å². The highest BCUT2D eigenvalue weighted by atomic mass is 35.5. The van der Waals surface area contributed by atoms with Crippen molar-refractivity contribution < 1.29 is 18.3 Å². The van der Waals surface area contributed by atoms with Crippen molar-refractivity contribution in [3.63, 3.8) is 0 Å². The summed E-state index contributed by atoms with van der Waals surface area (Å²) >= 11 is 5.70. The molecule has 0 saturated heterocycles. The number of aliphatic hydroxyl groups is 1. The summed E-state index contributed by atoms with van der Waals surface area (Å²) < 4.78 is 35.6. The molecule has 0 bridgehead atoms. The van der Waals surface area contributed by atoms with E-state index in [1.165, 1.54) is 0 Å². The molecule has 1 rings (SSSR count). The SMILES string of the molecule is OC(CCCC(F)(F)F)c1cccc(Cl)c1. The van der Waals surface area contributed by atoms with Crippen molar-refractivity contribution in [3.05, 3.63) is 34.9 Å². The van der Waals surface area contributed by atoms with E-state index in [9.17, 15) is 18.3 Å². The molecular weight excluding hydrogens is 241 g/mol. The molecular formula is C11H12ClF3O. The number of alkyl halides is 3. The van der Waals surface area contributed by atoms with Crippen LogP contribution in [0.3, 0.4) is 0 Å². The molecule has 1 nitrogen and oxygen atoms in total. The number of aliphatic hydroxyl groups excluding tert-OH is 1. The quantitative estimate of drug-likeness (QED) is 0.855. The lowest BCUT2D eigenvalue weighted by Crippen LogP contribution is -2.08. The van der Waals surface area contributed by atoms with Gasteiger partial charge in [-0.25, -0.2) is 0 Å². The molecule has 0 aliphatic heterocycles. The Bertz CT molecular complexity index is 338. The van der Waals surface area contributed by atoms with Crippen LogP contribution in [0.1, 0.15) is 30.9 Å². The highest BCUT2D eigenvalue weighted by molar-refractivity contribution is 6.30. The van der Waals surface area contributed by atoms with Crippen molar-refractivity contribution in [2.75, 3.05) is 0 Å². The fraction of sp³-hybridized carbons (Fsp3) is 0.455. The second-order valence-corrected chi connectivity index (χ2v) is 4.01. The van der Waals surface area contributed by atoms with Crippen LogP contribution in [0.15, 0.2) is 24.3 Å². The van der Waals surface area contributed by atoms with Crippen LogP contribution in [0, 0.1) is 0 Å². The van der Waals surface area contributed by atoms with E-state index < -0.39 is 18.7 Å². The average Bonchev–Trinajstić information content (AvgIpc) is 2.15. The van der Waals surface area contributed by atoms with E-state index in [0.717, 1.165) is 0 Å². The molecule has 0 spiro atoms. The zero-order valence-electron chi connectivity index (χ0n) is 8.47. The zero-order chi connectivity index (χ0) is 12.2. The minimum atomic E-state index is -4.16. The Morgan fingerprint density at radius 1 is 1.31 bits per heavy atom. The monoisotopic (exact) mass is 252 g/mol. The van der Waals surface area contributed by atoms with E-state index in [4.69, 9.17) is 11.6 Å². The molecule has 5 heteroatoms. The Balaban J connectivity index is 2.44. The molecule has 0 heterocycles. The van der Waals surface area contributed by atoms with E-state index in [2.05, 4.69) is 0 Å². The fourth-order valence-electron chi connectivity index (χ4n) is 1.38. The van der Waals surface area contributed by atoms with Gasteiger partial charge >= 0.3 is 6.18 Å². The average molecular weight is 253 g/mol. The van der Waals surface area contributed by atoms with Gasteiger partial charge in [-0.1, -0.05) is 23.7 Å². The van der Waals surface area contributed by atoms with E-state index >= 15 is 0 Å².